The number of carboxylic acids is 1. The number of aliphatic carboxylic acids is 1. The lowest BCUT2D eigenvalue weighted by Crippen LogP contribution is -2.45. The minimum atomic E-state index is -3.76. The summed E-state index contributed by atoms with van der Waals surface area (Å²) in [5.41, 5.74) is 0. The Kier molecular flexibility index (Phi) is 6.49. The van der Waals surface area contributed by atoms with Crippen molar-refractivity contribution < 1.29 is 23.1 Å². The molecule has 1 aliphatic heterocycles. The van der Waals surface area contributed by atoms with Gasteiger partial charge in [0.05, 0.1) is 6.54 Å². The molecular weight excluding hydrogens is 346 g/mol. The smallest absolute Gasteiger partial charge is 0.303 e. The molecule has 0 bridgehead atoms. The molecule has 138 valence electrons. The first kappa shape index (κ1) is 19.3. The zero-order chi connectivity index (χ0) is 18.4. The number of rotatable bonds is 7. The molecule has 1 atom stereocenters. The van der Waals surface area contributed by atoms with Crippen LogP contribution in [0.2, 0.25) is 0 Å². The van der Waals surface area contributed by atoms with Gasteiger partial charge in [-0.3, -0.25) is 14.6 Å². The summed E-state index contributed by atoms with van der Waals surface area (Å²) in [6.07, 6.45) is 5.04. The number of carbonyl (C=O) groups is 2. The highest BCUT2D eigenvalue weighted by Crippen LogP contribution is 2.21. The standard InChI is InChI=1S/C16H23N3O5S/c1-18(25(23,24)14-5-2-8-17-10-14)12-15(20)19-9-3-4-13(11-19)6-7-16(21)22/h2,5,8,10,13H,3-4,6-7,9,11-12H2,1H3,(H,21,22). The molecule has 2 heterocycles. The average Bonchev–Trinajstić information content (AvgIpc) is 2.60. The number of pyridine rings is 1. The third-order valence-electron chi connectivity index (χ3n) is 4.34. The highest BCUT2D eigenvalue weighted by molar-refractivity contribution is 7.89. The van der Waals surface area contributed by atoms with Gasteiger partial charge in [-0.25, -0.2) is 8.42 Å². The van der Waals surface area contributed by atoms with Gasteiger partial charge in [0, 0.05) is 39.0 Å². The van der Waals surface area contributed by atoms with E-state index >= 15 is 0 Å². The van der Waals surface area contributed by atoms with Crippen LogP contribution in [0.4, 0.5) is 0 Å². The quantitative estimate of drug-likeness (QED) is 0.762. The fourth-order valence-corrected chi connectivity index (χ4v) is 3.99. The van der Waals surface area contributed by atoms with Crippen molar-refractivity contribution in [3.63, 3.8) is 0 Å². The molecule has 1 aromatic rings. The zero-order valence-electron chi connectivity index (χ0n) is 14.2. The Morgan fingerprint density at radius 3 is 2.84 bits per heavy atom. The Morgan fingerprint density at radius 1 is 1.44 bits per heavy atom. The highest BCUT2D eigenvalue weighted by atomic mass is 32.2. The molecule has 0 spiro atoms. The monoisotopic (exact) mass is 369 g/mol. The molecule has 1 aliphatic rings. The van der Waals surface area contributed by atoms with Crippen LogP contribution in [0.1, 0.15) is 25.7 Å². The molecule has 1 aromatic heterocycles. The second-order valence-corrected chi connectivity index (χ2v) is 8.28. The number of hydrogen-bond donors (Lipinski definition) is 1. The van der Waals surface area contributed by atoms with Crippen LogP contribution in [0.25, 0.3) is 0 Å². The summed E-state index contributed by atoms with van der Waals surface area (Å²) in [6.45, 7) is 0.805. The van der Waals surface area contributed by atoms with E-state index < -0.39 is 16.0 Å². The number of piperidine rings is 1. The van der Waals surface area contributed by atoms with E-state index in [2.05, 4.69) is 4.98 Å². The first-order valence-corrected chi connectivity index (χ1v) is 9.60. The van der Waals surface area contributed by atoms with Crippen molar-refractivity contribution in [2.45, 2.75) is 30.6 Å². The molecule has 0 aliphatic carbocycles. The fraction of sp³-hybridized carbons (Fsp3) is 0.562. The van der Waals surface area contributed by atoms with Gasteiger partial charge in [-0.2, -0.15) is 4.31 Å². The first-order valence-electron chi connectivity index (χ1n) is 8.16. The lowest BCUT2D eigenvalue weighted by Gasteiger charge is -2.33. The SMILES string of the molecule is CN(CC(=O)N1CCCC(CCC(=O)O)C1)S(=O)(=O)c1cccnc1. The molecule has 25 heavy (non-hydrogen) atoms. The van der Waals surface area contributed by atoms with Gasteiger partial charge in [-0.1, -0.05) is 0 Å². The van der Waals surface area contributed by atoms with Gasteiger partial charge in [-0.15, -0.1) is 0 Å². The van der Waals surface area contributed by atoms with Crippen LogP contribution in [-0.4, -0.2) is 66.3 Å². The number of carbonyl (C=O) groups excluding carboxylic acids is 1. The van der Waals surface area contributed by atoms with Crippen LogP contribution < -0.4 is 0 Å². The Balaban J connectivity index is 1.95. The molecular formula is C16H23N3O5S. The van der Waals surface area contributed by atoms with Crippen molar-refractivity contribution in [1.29, 1.82) is 0 Å². The van der Waals surface area contributed by atoms with Crippen molar-refractivity contribution in [3.05, 3.63) is 24.5 Å². The normalized spacial score (nSPS) is 18.3. The van der Waals surface area contributed by atoms with Gasteiger partial charge >= 0.3 is 5.97 Å². The summed E-state index contributed by atoms with van der Waals surface area (Å²) in [5.74, 6) is -0.963. The number of carboxylic acid groups (broad SMARTS) is 1. The van der Waals surface area contributed by atoms with Gasteiger partial charge in [0.15, 0.2) is 0 Å². The van der Waals surface area contributed by atoms with Crippen LogP contribution in [0.3, 0.4) is 0 Å². The lowest BCUT2D eigenvalue weighted by atomic mass is 9.93. The van der Waals surface area contributed by atoms with E-state index in [1.165, 1.54) is 31.6 Å². The summed E-state index contributed by atoms with van der Waals surface area (Å²) < 4.78 is 25.9. The Bertz CT molecular complexity index is 708. The summed E-state index contributed by atoms with van der Waals surface area (Å²) in [4.78, 5) is 28.6. The van der Waals surface area contributed by atoms with E-state index in [-0.39, 0.29) is 29.7 Å². The van der Waals surface area contributed by atoms with E-state index in [9.17, 15) is 18.0 Å². The summed E-state index contributed by atoms with van der Waals surface area (Å²) >= 11 is 0. The molecule has 0 aromatic carbocycles. The van der Waals surface area contributed by atoms with Gasteiger partial charge in [0.1, 0.15) is 4.90 Å². The zero-order valence-corrected chi connectivity index (χ0v) is 15.0. The predicted octanol–water partition coefficient (Wildman–Crippen LogP) is 0.806. The number of likely N-dealkylation sites (tertiary alicyclic amines) is 1. The molecule has 1 unspecified atom stereocenters. The van der Waals surface area contributed by atoms with Crippen molar-refractivity contribution in [2.75, 3.05) is 26.7 Å². The average molecular weight is 369 g/mol. The maximum absolute atomic E-state index is 12.5. The van der Waals surface area contributed by atoms with Crippen LogP contribution in [0, 0.1) is 5.92 Å². The highest BCUT2D eigenvalue weighted by Gasteiger charge is 2.28. The third-order valence-corrected chi connectivity index (χ3v) is 6.13. The molecule has 1 N–H and O–H groups in total. The van der Waals surface area contributed by atoms with E-state index in [0.29, 0.717) is 19.5 Å². The maximum atomic E-state index is 12.5. The molecule has 9 heteroatoms. The van der Waals surface area contributed by atoms with Crippen LogP contribution in [-0.2, 0) is 19.6 Å². The Hall–Kier alpha value is -2.00. The van der Waals surface area contributed by atoms with Crippen molar-refractivity contribution in [1.82, 2.24) is 14.2 Å². The number of likely N-dealkylation sites (N-methyl/N-ethyl adjacent to an activating group) is 1. The second kappa shape index (κ2) is 8.39. The molecule has 2 rings (SSSR count). The Morgan fingerprint density at radius 2 is 2.20 bits per heavy atom. The van der Waals surface area contributed by atoms with E-state index in [0.717, 1.165) is 17.1 Å². The van der Waals surface area contributed by atoms with Crippen molar-refractivity contribution >= 4 is 21.9 Å². The third kappa shape index (κ3) is 5.23. The first-order chi connectivity index (χ1) is 11.8. The molecule has 0 saturated carbocycles. The molecule has 1 amide bonds. The molecule has 1 fully saturated rings. The molecule has 1 saturated heterocycles. The largest absolute Gasteiger partial charge is 0.481 e. The topological polar surface area (TPSA) is 108 Å². The van der Waals surface area contributed by atoms with Crippen molar-refractivity contribution in [2.24, 2.45) is 5.92 Å². The number of amides is 1. The van der Waals surface area contributed by atoms with Gasteiger partial charge in [0.25, 0.3) is 0 Å². The molecule has 8 nitrogen and oxygen atoms in total. The van der Waals surface area contributed by atoms with E-state index in [4.69, 9.17) is 5.11 Å². The minimum Gasteiger partial charge on any atom is -0.481 e. The summed E-state index contributed by atoms with van der Waals surface area (Å²) in [7, 11) is -2.39. The minimum absolute atomic E-state index is 0.0447. The Labute approximate surface area is 147 Å². The fourth-order valence-electron chi connectivity index (χ4n) is 2.91. The maximum Gasteiger partial charge on any atom is 0.303 e. The van der Waals surface area contributed by atoms with Gasteiger partial charge < -0.3 is 10.0 Å². The number of nitrogens with zero attached hydrogens (tertiary/aromatic N) is 3. The van der Waals surface area contributed by atoms with Crippen LogP contribution >= 0.6 is 0 Å². The van der Waals surface area contributed by atoms with Crippen molar-refractivity contribution in [3.8, 4) is 0 Å². The van der Waals surface area contributed by atoms with E-state index in [1.807, 2.05) is 0 Å². The van der Waals surface area contributed by atoms with Gasteiger partial charge in [-0.05, 0) is 37.3 Å². The second-order valence-electron chi connectivity index (χ2n) is 6.23. The molecule has 0 radical (unpaired) electrons. The lowest BCUT2D eigenvalue weighted by molar-refractivity contribution is -0.137. The summed E-state index contributed by atoms with van der Waals surface area (Å²) in [6, 6.07) is 2.96. The summed E-state index contributed by atoms with van der Waals surface area (Å²) in [5, 5.41) is 8.78. The van der Waals surface area contributed by atoms with E-state index in [1.54, 1.807) is 4.90 Å². The van der Waals surface area contributed by atoms with Crippen LogP contribution in [0.15, 0.2) is 29.4 Å². The predicted molar refractivity (Wildman–Crippen MR) is 90.2 cm³/mol. The van der Waals surface area contributed by atoms with Crippen LogP contribution in [0.5, 0.6) is 0 Å². The number of aromatic nitrogens is 1. The number of sulfonamides is 1. The number of hydrogen-bond acceptors (Lipinski definition) is 5. The van der Waals surface area contributed by atoms with Gasteiger partial charge in [0.2, 0.25) is 15.9 Å².